The third-order valence-electron chi connectivity index (χ3n) is 14.1. The molecule has 65 heavy (non-hydrogen) atoms. The van der Waals surface area contributed by atoms with Crippen molar-refractivity contribution in [1.29, 1.82) is 0 Å². The second-order valence-corrected chi connectivity index (χ2v) is 19.1. The minimum Gasteiger partial charge on any atom is -0.453 e. The lowest BCUT2D eigenvalue weighted by Crippen LogP contribution is -2.51. The molecule has 3 heterocycles. The van der Waals surface area contributed by atoms with Crippen LogP contribution in [0.15, 0.2) is 60.8 Å². The molecule has 1 spiro atoms. The van der Waals surface area contributed by atoms with Gasteiger partial charge < -0.3 is 40.3 Å². The van der Waals surface area contributed by atoms with E-state index >= 15 is 8.78 Å². The van der Waals surface area contributed by atoms with Gasteiger partial charge >= 0.3 is 12.2 Å². The van der Waals surface area contributed by atoms with Gasteiger partial charge in [0, 0.05) is 23.2 Å². The number of amides is 4. The van der Waals surface area contributed by atoms with Gasteiger partial charge in [-0.3, -0.25) is 9.59 Å². The Morgan fingerprint density at radius 2 is 1.38 bits per heavy atom. The Labute approximate surface area is 376 Å². The number of carbonyl (C=O) groups excluding carboxylic acids is 4. The van der Waals surface area contributed by atoms with Gasteiger partial charge in [0.2, 0.25) is 11.8 Å². The van der Waals surface area contributed by atoms with Gasteiger partial charge in [0.05, 0.1) is 49.2 Å². The van der Waals surface area contributed by atoms with Crippen LogP contribution in [0.2, 0.25) is 0 Å². The molecule has 0 radical (unpaired) electrons. The highest BCUT2D eigenvalue weighted by atomic mass is 19.3. The summed E-state index contributed by atoms with van der Waals surface area (Å²) in [4.78, 5) is 70.0. The van der Waals surface area contributed by atoms with E-state index in [4.69, 9.17) is 19.4 Å². The normalized spacial score (nSPS) is 19.5. The van der Waals surface area contributed by atoms with Gasteiger partial charge in [-0.1, -0.05) is 70.9 Å². The summed E-state index contributed by atoms with van der Waals surface area (Å²) in [6.07, 6.45) is 6.90. The van der Waals surface area contributed by atoms with Crippen LogP contribution in [0.25, 0.3) is 44.5 Å². The molecular formula is C49H56F2N8O6. The maximum absolute atomic E-state index is 16.7. The van der Waals surface area contributed by atoms with Gasteiger partial charge in [0.25, 0.3) is 5.92 Å². The summed E-state index contributed by atoms with van der Waals surface area (Å²) in [5.74, 6) is -2.88. The van der Waals surface area contributed by atoms with Gasteiger partial charge in [0.1, 0.15) is 23.7 Å². The molecule has 2 saturated carbocycles. The SMILES string of the molecule is COC(=O)N[C@H](C(=O)N[C@H](c1nc2ccc(-c3ccc4c(c3)C(F)(F)c3cc(-c5cnc([C@@H]6CC7(CC7)CN6C(=O)[C@@H](NC(=O)OC)C(C)C)[nH]5)ccc3-4)cc2[nH]1)C1CCCC1)C(C)C. The molecule has 2 aromatic heterocycles. The smallest absolute Gasteiger partial charge is 0.407 e. The Hall–Kier alpha value is -6.32. The summed E-state index contributed by atoms with van der Waals surface area (Å²) in [5, 5.41) is 8.52. The number of alkyl carbamates (subject to hydrolysis) is 2. The summed E-state index contributed by atoms with van der Waals surface area (Å²) in [7, 11) is 2.52. The number of benzene rings is 3. The van der Waals surface area contributed by atoms with Gasteiger partial charge in [-0.15, -0.1) is 0 Å². The van der Waals surface area contributed by atoms with E-state index in [-0.39, 0.29) is 52.2 Å². The fraction of sp³-hybridized carbons (Fsp3) is 0.469. The minimum absolute atomic E-state index is 0.00859. The number of halogens is 2. The van der Waals surface area contributed by atoms with E-state index < -0.39 is 36.2 Å². The number of rotatable bonds is 12. The van der Waals surface area contributed by atoms with Crippen molar-refractivity contribution >= 4 is 35.0 Å². The molecule has 16 heteroatoms. The predicted molar refractivity (Wildman–Crippen MR) is 239 cm³/mol. The van der Waals surface area contributed by atoms with Crippen molar-refractivity contribution in [2.45, 2.75) is 103 Å². The fourth-order valence-corrected chi connectivity index (χ4v) is 10.2. The maximum atomic E-state index is 16.7. The van der Waals surface area contributed by atoms with Crippen molar-refractivity contribution in [3.8, 4) is 33.5 Å². The Balaban J connectivity index is 0.955. The predicted octanol–water partition coefficient (Wildman–Crippen LogP) is 8.90. The number of fused-ring (bicyclic) bond motifs is 4. The van der Waals surface area contributed by atoms with E-state index in [2.05, 4.69) is 25.9 Å². The van der Waals surface area contributed by atoms with Crippen LogP contribution in [0.5, 0.6) is 0 Å². The van der Waals surface area contributed by atoms with Crippen LogP contribution in [0.1, 0.15) is 108 Å². The number of carbonyl (C=O) groups is 4. The van der Waals surface area contributed by atoms with Gasteiger partial charge in [0.15, 0.2) is 0 Å². The van der Waals surface area contributed by atoms with Crippen LogP contribution in [-0.4, -0.2) is 81.7 Å². The molecule has 4 aliphatic rings. The standard InChI is InChI=1S/C49H56F2N8O6/c1-25(2)39(57-46(62)64-5)44(60)56-41(27-9-7-8-10-27)43-53-35-16-13-29(21-36(35)54-43)28-11-14-31-32-15-12-30(20-34(32)49(50,51)33(31)19-28)37-23-52-42(55-37)38-22-48(17-18-48)24-59(38)45(61)40(26(3)4)58-47(63)65-6/h11-16,19-21,23,25-27,38-41H,7-10,17-18,22,24H2,1-6H3,(H,52,55)(H,53,54)(H,56,60)(H,57,62)(H,58,63)/t38-,39-,40-,41-/m0/s1. The summed E-state index contributed by atoms with van der Waals surface area (Å²) in [6, 6.07) is 13.5. The highest BCUT2D eigenvalue weighted by Gasteiger charge is 2.55. The summed E-state index contributed by atoms with van der Waals surface area (Å²) >= 11 is 0. The zero-order valence-electron chi connectivity index (χ0n) is 37.5. The number of nitrogens with one attached hydrogen (secondary N) is 5. The first-order valence-corrected chi connectivity index (χ1v) is 22.6. The molecule has 0 bridgehead atoms. The Bertz CT molecular complexity index is 2660. The summed E-state index contributed by atoms with van der Waals surface area (Å²) in [5.41, 5.74) is 4.58. The van der Waals surface area contributed by atoms with E-state index in [1.165, 1.54) is 20.3 Å². The number of aromatic nitrogens is 4. The highest BCUT2D eigenvalue weighted by molar-refractivity contribution is 5.89. The average Bonchev–Trinajstić information content (AvgIpc) is 3.89. The third kappa shape index (κ3) is 8.20. The topological polar surface area (TPSA) is 183 Å². The molecule has 3 aromatic carbocycles. The molecule has 4 atom stereocenters. The van der Waals surface area contributed by atoms with E-state index in [9.17, 15) is 19.2 Å². The van der Waals surface area contributed by atoms with Gasteiger partial charge in [-0.2, -0.15) is 8.78 Å². The van der Waals surface area contributed by atoms with Crippen molar-refractivity contribution in [3.05, 3.63) is 83.6 Å². The van der Waals surface area contributed by atoms with Crippen molar-refractivity contribution in [3.63, 3.8) is 0 Å². The number of hydrogen-bond acceptors (Lipinski definition) is 8. The molecule has 9 rings (SSSR count). The van der Waals surface area contributed by atoms with E-state index in [1.54, 1.807) is 29.3 Å². The summed E-state index contributed by atoms with van der Waals surface area (Å²) < 4.78 is 42.9. The third-order valence-corrected chi connectivity index (χ3v) is 14.1. The van der Waals surface area contributed by atoms with Gasteiger partial charge in [-0.05, 0) is 102 Å². The Morgan fingerprint density at radius 3 is 2.02 bits per heavy atom. The lowest BCUT2D eigenvalue weighted by Gasteiger charge is -2.30. The number of ether oxygens (including phenoxy) is 2. The molecule has 3 aliphatic carbocycles. The van der Waals surface area contributed by atoms with Crippen LogP contribution >= 0.6 is 0 Å². The number of imidazole rings is 2. The number of likely N-dealkylation sites (tertiary alicyclic amines) is 1. The monoisotopic (exact) mass is 890 g/mol. The van der Waals surface area contributed by atoms with Crippen LogP contribution in [0.3, 0.4) is 0 Å². The van der Waals surface area contributed by atoms with Crippen LogP contribution in [-0.2, 0) is 25.0 Å². The number of alkyl halides is 2. The molecule has 1 saturated heterocycles. The molecule has 4 amide bonds. The molecule has 5 N–H and O–H groups in total. The molecule has 14 nitrogen and oxygen atoms in total. The Kier molecular flexibility index (Phi) is 11.4. The average molecular weight is 891 g/mol. The molecule has 342 valence electrons. The first kappa shape index (κ1) is 43.9. The van der Waals surface area contributed by atoms with Crippen molar-refractivity contribution in [2.24, 2.45) is 23.2 Å². The molecule has 1 aliphatic heterocycles. The lowest BCUT2D eigenvalue weighted by atomic mass is 9.96. The number of nitrogens with zero attached hydrogens (tertiary/aromatic N) is 3. The molecule has 0 unspecified atom stereocenters. The summed E-state index contributed by atoms with van der Waals surface area (Å²) in [6.45, 7) is 8.00. The van der Waals surface area contributed by atoms with E-state index in [0.29, 0.717) is 57.2 Å². The lowest BCUT2D eigenvalue weighted by molar-refractivity contribution is -0.135. The fourth-order valence-electron chi connectivity index (χ4n) is 10.2. The number of methoxy groups -OCH3 is 2. The minimum atomic E-state index is -3.29. The quantitative estimate of drug-likeness (QED) is 0.0823. The number of hydrogen-bond donors (Lipinski definition) is 5. The van der Waals surface area contributed by atoms with Crippen molar-refractivity contribution in [1.82, 2.24) is 40.8 Å². The van der Waals surface area contributed by atoms with Crippen LogP contribution in [0.4, 0.5) is 18.4 Å². The van der Waals surface area contributed by atoms with Gasteiger partial charge in [-0.25, -0.2) is 19.6 Å². The zero-order valence-corrected chi connectivity index (χ0v) is 37.5. The Morgan fingerprint density at radius 1 is 0.785 bits per heavy atom. The first-order valence-electron chi connectivity index (χ1n) is 22.6. The maximum Gasteiger partial charge on any atom is 0.407 e. The second-order valence-electron chi connectivity index (χ2n) is 19.1. The van der Waals surface area contributed by atoms with E-state index in [1.807, 2.05) is 58.0 Å². The zero-order chi connectivity index (χ0) is 45.9. The number of H-pyrrole nitrogens is 2. The molecule has 3 fully saturated rings. The molecule has 5 aromatic rings. The van der Waals surface area contributed by atoms with E-state index in [0.717, 1.165) is 50.5 Å². The molecular weight excluding hydrogens is 835 g/mol. The highest BCUT2D eigenvalue weighted by Crippen LogP contribution is 2.59. The van der Waals surface area contributed by atoms with Crippen LogP contribution in [0, 0.1) is 23.2 Å². The van der Waals surface area contributed by atoms with Crippen LogP contribution < -0.4 is 16.0 Å². The van der Waals surface area contributed by atoms with Crippen molar-refractivity contribution < 1.29 is 37.4 Å². The number of aromatic amines is 2. The largest absolute Gasteiger partial charge is 0.453 e. The van der Waals surface area contributed by atoms with Crippen molar-refractivity contribution in [2.75, 3.05) is 20.8 Å². The second kappa shape index (κ2) is 16.9. The first-order chi connectivity index (χ1) is 31.1.